The molecule has 0 radical (unpaired) electrons. The molecule has 0 unspecified atom stereocenters. The third kappa shape index (κ3) is 3.58. The smallest absolute Gasteiger partial charge is 0.146 e. The van der Waals surface area contributed by atoms with Gasteiger partial charge in [-0.15, -0.1) is 0 Å². The van der Waals surface area contributed by atoms with E-state index in [-0.39, 0.29) is 0 Å². The third-order valence-electron chi connectivity index (χ3n) is 3.04. The van der Waals surface area contributed by atoms with Crippen LogP contribution in [0, 0.1) is 0 Å². The summed E-state index contributed by atoms with van der Waals surface area (Å²) in [5, 5.41) is 3.32. The zero-order valence-corrected chi connectivity index (χ0v) is 11.6. The second-order valence-corrected chi connectivity index (χ2v) is 4.31. The molecule has 0 aliphatic rings. The van der Waals surface area contributed by atoms with Gasteiger partial charge in [-0.2, -0.15) is 0 Å². The summed E-state index contributed by atoms with van der Waals surface area (Å²) in [7, 11) is 0. The van der Waals surface area contributed by atoms with Gasteiger partial charge in [0.25, 0.3) is 0 Å². The van der Waals surface area contributed by atoms with Crippen LogP contribution in [0.3, 0.4) is 0 Å². The fourth-order valence-electron chi connectivity index (χ4n) is 1.96. The van der Waals surface area contributed by atoms with Gasteiger partial charge in [0.1, 0.15) is 18.2 Å². The highest BCUT2D eigenvalue weighted by atomic mass is 16.5. The first-order valence-electron chi connectivity index (χ1n) is 6.76. The SMILES string of the molecule is CCNCc1ccccc1OCc1nccn1CC. The van der Waals surface area contributed by atoms with E-state index in [2.05, 4.69) is 34.8 Å². The minimum absolute atomic E-state index is 0.504. The molecule has 1 aromatic heterocycles. The fraction of sp³-hybridized carbons (Fsp3) is 0.400. The summed E-state index contributed by atoms with van der Waals surface area (Å²) in [4.78, 5) is 4.32. The summed E-state index contributed by atoms with van der Waals surface area (Å²) >= 11 is 0. The topological polar surface area (TPSA) is 39.1 Å². The van der Waals surface area contributed by atoms with Crippen molar-refractivity contribution in [1.82, 2.24) is 14.9 Å². The lowest BCUT2D eigenvalue weighted by Gasteiger charge is -2.12. The molecule has 0 saturated carbocycles. The van der Waals surface area contributed by atoms with E-state index in [1.807, 2.05) is 30.6 Å². The Morgan fingerprint density at radius 2 is 2.11 bits per heavy atom. The second-order valence-electron chi connectivity index (χ2n) is 4.31. The predicted octanol–water partition coefficient (Wildman–Crippen LogP) is 2.59. The number of hydrogen-bond donors (Lipinski definition) is 1. The molecule has 0 spiro atoms. The number of aryl methyl sites for hydroxylation is 1. The van der Waals surface area contributed by atoms with Gasteiger partial charge in [-0.25, -0.2) is 4.98 Å². The number of ether oxygens (including phenoxy) is 1. The minimum Gasteiger partial charge on any atom is -0.485 e. The first-order chi connectivity index (χ1) is 9.35. The van der Waals surface area contributed by atoms with Crippen molar-refractivity contribution in [3.8, 4) is 5.75 Å². The van der Waals surface area contributed by atoms with E-state index in [1.165, 1.54) is 5.56 Å². The van der Waals surface area contributed by atoms with Gasteiger partial charge in [-0.3, -0.25) is 0 Å². The Balaban J connectivity index is 2.02. The van der Waals surface area contributed by atoms with E-state index in [0.717, 1.165) is 31.2 Å². The highest BCUT2D eigenvalue weighted by Gasteiger charge is 2.05. The molecule has 0 fully saturated rings. The molecule has 0 aliphatic heterocycles. The Morgan fingerprint density at radius 3 is 2.89 bits per heavy atom. The Kier molecular flexibility index (Phi) is 4.98. The second kappa shape index (κ2) is 6.95. The van der Waals surface area contributed by atoms with E-state index < -0.39 is 0 Å². The van der Waals surface area contributed by atoms with Crippen LogP contribution < -0.4 is 10.1 Å². The van der Waals surface area contributed by atoms with Crippen molar-refractivity contribution in [3.05, 3.63) is 48.0 Å². The van der Waals surface area contributed by atoms with Crippen molar-refractivity contribution in [3.63, 3.8) is 0 Å². The lowest BCUT2D eigenvalue weighted by molar-refractivity contribution is 0.286. The van der Waals surface area contributed by atoms with Crippen LogP contribution in [0.4, 0.5) is 0 Å². The number of benzene rings is 1. The van der Waals surface area contributed by atoms with E-state index in [4.69, 9.17) is 4.74 Å². The Labute approximate surface area is 114 Å². The summed E-state index contributed by atoms with van der Waals surface area (Å²) in [6, 6.07) is 8.12. The summed E-state index contributed by atoms with van der Waals surface area (Å²) in [6.07, 6.45) is 3.79. The number of hydrogen-bond acceptors (Lipinski definition) is 3. The maximum atomic E-state index is 5.90. The van der Waals surface area contributed by atoms with E-state index in [0.29, 0.717) is 6.61 Å². The molecule has 1 aromatic carbocycles. The quantitative estimate of drug-likeness (QED) is 0.830. The molecule has 19 heavy (non-hydrogen) atoms. The van der Waals surface area contributed by atoms with Crippen LogP contribution in [0.5, 0.6) is 5.75 Å². The van der Waals surface area contributed by atoms with Crippen LogP contribution in [-0.2, 0) is 19.7 Å². The molecule has 0 bridgehead atoms. The summed E-state index contributed by atoms with van der Waals surface area (Å²) in [6.45, 7) is 7.40. The van der Waals surface area contributed by atoms with Crippen LogP contribution in [0.2, 0.25) is 0 Å². The summed E-state index contributed by atoms with van der Waals surface area (Å²) < 4.78 is 7.99. The third-order valence-corrected chi connectivity index (χ3v) is 3.04. The van der Waals surface area contributed by atoms with Crippen molar-refractivity contribution < 1.29 is 4.74 Å². The molecule has 2 aromatic rings. The van der Waals surface area contributed by atoms with Crippen LogP contribution in [0.1, 0.15) is 25.2 Å². The van der Waals surface area contributed by atoms with E-state index in [1.54, 1.807) is 0 Å². The van der Waals surface area contributed by atoms with Crippen LogP contribution >= 0.6 is 0 Å². The molecule has 4 heteroatoms. The number of rotatable bonds is 7. The Hall–Kier alpha value is -1.81. The van der Waals surface area contributed by atoms with E-state index in [9.17, 15) is 0 Å². The van der Waals surface area contributed by atoms with Gasteiger partial charge in [0.2, 0.25) is 0 Å². The molecule has 0 saturated heterocycles. The fourth-order valence-corrected chi connectivity index (χ4v) is 1.96. The van der Waals surface area contributed by atoms with Gasteiger partial charge in [-0.05, 0) is 19.5 Å². The Morgan fingerprint density at radius 1 is 1.26 bits per heavy atom. The molecule has 0 amide bonds. The van der Waals surface area contributed by atoms with Gasteiger partial charge in [0.15, 0.2) is 0 Å². The molecule has 102 valence electrons. The molecular weight excluding hydrogens is 238 g/mol. The van der Waals surface area contributed by atoms with Gasteiger partial charge < -0.3 is 14.6 Å². The number of nitrogens with one attached hydrogen (secondary N) is 1. The largest absolute Gasteiger partial charge is 0.485 e. The number of aromatic nitrogens is 2. The van der Waals surface area contributed by atoms with Crippen molar-refractivity contribution in [2.24, 2.45) is 0 Å². The molecular formula is C15H21N3O. The zero-order chi connectivity index (χ0) is 13.5. The molecule has 0 aliphatic carbocycles. The Bertz CT molecular complexity index is 508. The van der Waals surface area contributed by atoms with Crippen LogP contribution in [0.15, 0.2) is 36.7 Å². The first kappa shape index (κ1) is 13.6. The van der Waals surface area contributed by atoms with Crippen molar-refractivity contribution in [2.45, 2.75) is 33.5 Å². The van der Waals surface area contributed by atoms with Crippen LogP contribution in [-0.4, -0.2) is 16.1 Å². The number of para-hydroxylation sites is 1. The average molecular weight is 259 g/mol. The number of imidazole rings is 1. The van der Waals surface area contributed by atoms with E-state index >= 15 is 0 Å². The standard InChI is InChI=1S/C15H21N3O/c1-3-16-11-13-7-5-6-8-14(13)19-12-15-17-9-10-18(15)4-2/h5-10,16H,3-4,11-12H2,1-2H3. The van der Waals surface area contributed by atoms with Crippen molar-refractivity contribution in [1.29, 1.82) is 0 Å². The molecule has 2 rings (SSSR count). The van der Waals surface area contributed by atoms with Gasteiger partial charge in [0, 0.05) is 31.0 Å². The lowest BCUT2D eigenvalue weighted by Crippen LogP contribution is -2.13. The number of nitrogens with zero attached hydrogens (tertiary/aromatic N) is 2. The average Bonchev–Trinajstić information content (AvgIpc) is 2.91. The highest BCUT2D eigenvalue weighted by molar-refractivity contribution is 5.33. The van der Waals surface area contributed by atoms with Crippen molar-refractivity contribution >= 4 is 0 Å². The van der Waals surface area contributed by atoms with Crippen molar-refractivity contribution in [2.75, 3.05) is 6.54 Å². The zero-order valence-electron chi connectivity index (χ0n) is 11.6. The molecule has 1 N–H and O–H groups in total. The molecule has 0 atom stereocenters. The van der Waals surface area contributed by atoms with Gasteiger partial charge >= 0.3 is 0 Å². The maximum Gasteiger partial charge on any atom is 0.146 e. The monoisotopic (exact) mass is 259 g/mol. The van der Waals surface area contributed by atoms with Gasteiger partial charge in [-0.1, -0.05) is 25.1 Å². The molecule has 1 heterocycles. The van der Waals surface area contributed by atoms with Gasteiger partial charge in [0.05, 0.1) is 0 Å². The minimum atomic E-state index is 0.504. The highest BCUT2D eigenvalue weighted by Crippen LogP contribution is 2.18. The normalized spacial score (nSPS) is 10.6. The summed E-state index contributed by atoms with van der Waals surface area (Å²) in [5.41, 5.74) is 1.18. The molecule has 4 nitrogen and oxygen atoms in total. The maximum absolute atomic E-state index is 5.90. The first-order valence-corrected chi connectivity index (χ1v) is 6.76. The lowest BCUT2D eigenvalue weighted by atomic mass is 10.2. The predicted molar refractivity (Wildman–Crippen MR) is 76.1 cm³/mol. The van der Waals surface area contributed by atoms with Crippen LogP contribution in [0.25, 0.3) is 0 Å². The summed E-state index contributed by atoms with van der Waals surface area (Å²) in [5.74, 6) is 1.88.